The van der Waals surface area contributed by atoms with Gasteiger partial charge in [-0.25, -0.2) is 4.98 Å². The summed E-state index contributed by atoms with van der Waals surface area (Å²) >= 11 is 6.00. The van der Waals surface area contributed by atoms with Crippen molar-refractivity contribution < 1.29 is 4.79 Å². The van der Waals surface area contributed by atoms with E-state index in [1.54, 1.807) is 19.2 Å². The second kappa shape index (κ2) is 6.75. The number of pyridine rings is 1. The van der Waals surface area contributed by atoms with Gasteiger partial charge in [0.2, 0.25) is 0 Å². The van der Waals surface area contributed by atoms with E-state index < -0.39 is 0 Å². The fourth-order valence-electron chi connectivity index (χ4n) is 2.51. The summed E-state index contributed by atoms with van der Waals surface area (Å²) in [7, 11) is 1.76. The predicted octanol–water partition coefficient (Wildman–Crippen LogP) is 3.09. The van der Waals surface area contributed by atoms with E-state index in [4.69, 9.17) is 11.6 Å². The largest absolute Gasteiger partial charge is 0.373 e. The van der Waals surface area contributed by atoms with Crippen LogP contribution in [0.25, 0.3) is 0 Å². The quantitative estimate of drug-likeness (QED) is 0.872. The Balaban J connectivity index is 1.88. The fraction of sp³-hybridized carbons (Fsp3) is 0.571. The third kappa shape index (κ3) is 3.83. The maximum absolute atomic E-state index is 12.0. The number of amides is 1. The van der Waals surface area contributed by atoms with Crippen LogP contribution in [-0.2, 0) is 0 Å². The van der Waals surface area contributed by atoms with Crippen molar-refractivity contribution in [1.82, 2.24) is 10.3 Å². The molecule has 2 rings (SSSR count). The first kappa shape index (κ1) is 14.1. The van der Waals surface area contributed by atoms with Crippen LogP contribution in [-0.4, -0.2) is 24.5 Å². The molecule has 5 heteroatoms. The molecule has 1 heterocycles. The van der Waals surface area contributed by atoms with E-state index in [0.29, 0.717) is 23.1 Å². The maximum atomic E-state index is 12.0. The fourth-order valence-corrected chi connectivity index (χ4v) is 2.70. The Morgan fingerprint density at radius 2 is 2.16 bits per heavy atom. The minimum Gasteiger partial charge on any atom is -0.373 e. The number of halogens is 1. The molecule has 1 aliphatic rings. The molecule has 0 aliphatic heterocycles. The lowest BCUT2D eigenvalue weighted by molar-refractivity contribution is 0.0947. The van der Waals surface area contributed by atoms with Crippen molar-refractivity contribution in [3.8, 4) is 0 Å². The van der Waals surface area contributed by atoms with Crippen LogP contribution in [0.5, 0.6) is 0 Å². The van der Waals surface area contributed by atoms with E-state index in [0.717, 1.165) is 12.3 Å². The molecule has 1 fully saturated rings. The van der Waals surface area contributed by atoms with E-state index >= 15 is 0 Å². The summed E-state index contributed by atoms with van der Waals surface area (Å²) in [4.78, 5) is 16.2. The lowest BCUT2D eigenvalue weighted by atomic mass is 10.0. The Bertz CT molecular complexity index is 444. The maximum Gasteiger partial charge on any atom is 0.271 e. The standard InChI is InChI=1S/C14H20ClN3O/c1-16-12-7-6-11(15)13(18-12)14(19)17-9-8-10-4-2-3-5-10/h6-7,10H,2-5,8-9H2,1H3,(H,16,18)(H,17,19). The van der Waals surface area contributed by atoms with Crippen LogP contribution < -0.4 is 10.6 Å². The average molecular weight is 282 g/mol. The number of hydrogen-bond acceptors (Lipinski definition) is 3. The van der Waals surface area contributed by atoms with Crippen molar-refractivity contribution in [1.29, 1.82) is 0 Å². The summed E-state index contributed by atoms with van der Waals surface area (Å²) in [5.74, 6) is 1.22. The lowest BCUT2D eigenvalue weighted by Gasteiger charge is -2.10. The summed E-state index contributed by atoms with van der Waals surface area (Å²) in [5, 5.41) is 6.19. The summed E-state index contributed by atoms with van der Waals surface area (Å²) < 4.78 is 0. The average Bonchev–Trinajstić information content (AvgIpc) is 2.92. The number of anilines is 1. The topological polar surface area (TPSA) is 54.0 Å². The van der Waals surface area contributed by atoms with Gasteiger partial charge in [-0.3, -0.25) is 4.79 Å². The first-order chi connectivity index (χ1) is 9.20. The molecular formula is C14H20ClN3O. The molecule has 0 aromatic carbocycles. The second-order valence-electron chi connectivity index (χ2n) is 4.97. The highest BCUT2D eigenvalue weighted by molar-refractivity contribution is 6.33. The molecule has 0 saturated heterocycles. The Morgan fingerprint density at radius 1 is 1.42 bits per heavy atom. The minimum absolute atomic E-state index is 0.194. The van der Waals surface area contributed by atoms with E-state index in [-0.39, 0.29) is 5.91 Å². The zero-order valence-electron chi connectivity index (χ0n) is 11.2. The molecule has 1 aliphatic carbocycles. The molecule has 0 unspecified atom stereocenters. The van der Waals surface area contributed by atoms with Gasteiger partial charge in [-0.2, -0.15) is 0 Å². The summed E-state index contributed by atoms with van der Waals surface area (Å²) in [6, 6.07) is 3.43. The third-order valence-corrected chi connectivity index (χ3v) is 3.94. The normalized spacial score (nSPS) is 15.5. The van der Waals surface area contributed by atoms with Gasteiger partial charge in [-0.15, -0.1) is 0 Å². The number of nitrogens with one attached hydrogen (secondary N) is 2. The smallest absolute Gasteiger partial charge is 0.271 e. The highest BCUT2D eigenvalue weighted by Crippen LogP contribution is 2.27. The van der Waals surface area contributed by atoms with Gasteiger partial charge in [0.05, 0.1) is 5.02 Å². The summed E-state index contributed by atoms with van der Waals surface area (Å²) in [6.45, 7) is 0.700. The van der Waals surface area contributed by atoms with Crippen molar-refractivity contribution >= 4 is 23.3 Å². The zero-order chi connectivity index (χ0) is 13.7. The molecule has 1 amide bonds. The van der Waals surface area contributed by atoms with Gasteiger partial charge >= 0.3 is 0 Å². The molecule has 104 valence electrons. The number of hydrogen-bond donors (Lipinski definition) is 2. The van der Waals surface area contributed by atoms with Crippen LogP contribution in [0.1, 0.15) is 42.6 Å². The first-order valence-electron chi connectivity index (χ1n) is 6.83. The molecule has 2 N–H and O–H groups in total. The van der Waals surface area contributed by atoms with E-state index in [2.05, 4.69) is 15.6 Å². The van der Waals surface area contributed by atoms with Gasteiger partial charge < -0.3 is 10.6 Å². The predicted molar refractivity (Wildman–Crippen MR) is 77.7 cm³/mol. The monoisotopic (exact) mass is 281 g/mol. The number of carbonyl (C=O) groups excluding carboxylic acids is 1. The molecule has 1 aromatic heterocycles. The van der Waals surface area contributed by atoms with E-state index in [9.17, 15) is 4.79 Å². The molecule has 0 atom stereocenters. The van der Waals surface area contributed by atoms with Gasteiger partial charge in [-0.1, -0.05) is 37.3 Å². The van der Waals surface area contributed by atoms with Gasteiger partial charge in [0.15, 0.2) is 0 Å². The Morgan fingerprint density at radius 3 is 2.84 bits per heavy atom. The molecule has 0 spiro atoms. The summed E-state index contributed by atoms with van der Waals surface area (Å²) in [6.07, 6.45) is 6.30. The molecule has 19 heavy (non-hydrogen) atoms. The zero-order valence-corrected chi connectivity index (χ0v) is 12.0. The molecule has 0 bridgehead atoms. The first-order valence-corrected chi connectivity index (χ1v) is 7.21. The van der Waals surface area contributed by atoms with Crippen LogP contribution >= 0.6 is 11.6 Å². The van der Waals surface area contributed by atoms with Crippen molar-refractivity contribution in [2.75, 3.05) is 18.9 Å². The Hall–Kier alpha value is -1.29. The minimum atomic E-state index is -0.194. The van der Waals surface area contributed by atoms with Crippen LogP contribution in [0.3, 0.4) is 0 Å². The van der Waals surface area contributed by atoms with E-state index in [1.165, 1.54) is 25.7 Å². The van der Waals surface area contributed by atoms with Crippen molar-refractivity contribution in [3.05, 3.63) is 22.8 Å². The number of aromatic nitrogens is 1. The molecule has 1 aromatic rings. The molecule has 4 nitrogen and oxygen atoms in total. The van der Waals surface area contributed by atoms with Crippen LogP contribution in [0.2, 0.25) is 5.02 Å². The highest BCUT2D eigenvalue weighted by atomic mass is 35.5. The van der Waals surface area contributed by atoms with Gasteiger partial charge in [0.1, 0.15) is 11.5 Å². The Kier molecular flexibility index (Phi) is 5.02. The van der Waals surface area contributed by atoms with Gasteiger partial charge in [0.25, 0.3) is 5.91 Å². The molecule has 0 radical (unpaired) electrons. The van der Waals surface area contributed by atoms with Crippen LogP contribution in [0.4, 0.5) is 5.82 Å². The number of carbonyl (C=O) groups is 1. The SMILES string of the molecule is CNc1ccc(Cl)c(C(=O)NCCC2CCCC2)n1. The molecule has 1 saturated carbocycles. The number of rotatable bonds is 5. The van der Waals surface area contributed by atoms with Crippen molar-refractivity contribution in [2.24, 2.45) is 5.92 Å². The lowest BCUT2D eigenvalue weighted by Crippen LogP contribution is -2.27. The number of nitrogens with zero attached hydrogens (tertiary/aromatic N) is 1. The third-order valence-electron chi connectivity index (χ3n) is 3.63. The van der Waals surface area contributed by atoms with Crippen LogP contribution in [0.15, 0.2) is 12.1 Å². The van der Waals surface area contributed by atoms with Crippen molar-refractivity contribution in [3.63, 3.8) is 0 Å². The van der Waals surface area contributed by atoms with Gasteiger partial charge in [0, 0.05) is 13.6 Å². The molecular weight excluding hydrogens is 262 g/mol. The van der Waals surface area contributed by atoms with E-state index in [1.807, 2.05) is 0 Å². The van der Waals surface area contributed by atoms with Crippen LogP contribution in [0, 0.1) is 5.92 Å². The van der Waals surface area contributed by atoms with Crippen molar-refractivity contribution in [2.45, 2.75) is 32.1 Å². The second-order valence-corrected chi connectivity index (χ2v) is 5.38. The van der Waals surface area contributed by atoms with Gasteiger partial charge in [-0.05, 0) is 24.5 Å². The summed E-state index contributed by atoms with van der Waals surface area (Å²) in [5.41, 5.74) is 0.292. The highest BCUT2D eigenvalue weighted by Gasteiger charge is 2.16. The Labute approximate surface area is 118 Å².